The van der Waals surface area contributed by atoms with Gasteiger partial charge < -0.3 is 114 Å². The van der Waals surface area contributed by atoms with Crippen LogP contribution in [0.15, 0.2) is 23.3 Å². The van der Waals surface area contributed by atoms with Gasteiger partial charge in [0.2, 0.25) is 0 Å². The minimum Gasteiger partial charge on any atom is -0.394 e. The molecule has 14 N–H and O–H groups in total. The Kier molecular flexibility index (Phi) is 21.5. The SMILES string of the molecule is CC(=CC(=O)CC(C)C)C1CCC2C3CC(OC4OC(C)C(O)C(OC5OC(CO)C(OC6OC(CO)C(O)C(O)C6OC6OC(C)C(O)C(O)C6O)C(O)C5OC5OC(C)C(O)C(O)C5O)C4O)C4CC(OS(=O)(=O)O)CCC4(C)C3=CCC12C. The molecule has 5 aliphatic heterocycles. The maximum atomic E-state index is 13.1. The number of ether oxygens (including phenoxy) is 10. The van der Waals surface area contributed by atoms with Gasteiger partial charge in [-0.1, -0.05) is 44.9 Å². The largest absolute Gasteiger partial charge is 0.397 e. The average molecular weight is 1260 g/mol. The van der Waals surface area contributed by atoms with E-state index < -0.39 is 201 Å². The fourth-order valence-corrected chi connectivity index (χ4v) is 16.1. The predicted octanol–water partition coefficient (Wildman–Crippen LogP) is -2.51. The molecule has 4 aliphatic carbocycles. The van der Waals surface area contributed by atoms with Crippen LogP contribution in [0.3, 0.4) is 0 Å². The van der Waals surface area contributed by atoms with E-state index in [1.165, 1.54) is 26.3 Å². The second-order valence-electron chi connectivity index (χ2n) is 26.4. The van der Waals surface area contributed by atoms with Gasteiger partial charge in [-0.3, -0.25) is 9.35 Å². The summed E-state index contributed by atoms with van der Waals surface area (Å²) in [5.41, 5.74) is 1.34. The number of hydrogen-bond donors (Lipinski definition) is 14. The maximum Gasteiger partial charge on any atom is 0.397 e. The van der Waals surface area contributed by atoms with Crippen molar-refractivity contribution in [1.82, 2.24) is 0 Å². The number of rotatable bonds is 18. The third kappa shape index (κ3) is 13.5. The molecule has 494 valence electrons. The Hall–Kier alpha value is -1.90. The number of aliphatic hydroxyl groups excluding tert-OH is 13. The highest BCUT2D eigenvalue weighted by Gasteiger charge is 2.63. The second kappa shape index (κ2) is 27.0. The molecule has 33 atom stereocenters. The van der Waals surface area contributed by atoms with Crippen molar-refractivity contribution in [3.8, 4) is 0 Å². The van der Waals surface area contributed by atoms with Crippen LogP contribution in [0, 0.1) is 40.4 Å². The maximum absolute atomic E-state index is 13.1. The highest BCUT2D eigenvalue weighted by atomic mass is 32.3. The molecule has 28 nitrogen and oxygen atoms in total. The zero-order valence-corrected chi connectivity index (χ0v) is 50.4. The van der Waals surface area contributed by atoms with Crippen LogP contribution in [0.2, 0.25) is 0 Å². The molecule has 9 rings (SSSR count). The van der Waals surface area contributed by atoms with Crippen molar-refractivity contribution in [2.45, 2.75) is 272 Å². The number of ketones is 1. The van der Waals surface area contributed by atoms with Gasteiger partial charge in [0, 0.05) is 6.42 Å². The normalized spacial score (nSPS) is 51.1. The Labute approximate surface area is 499 Å². The molecule has 0 amide bonds. The lowest BCUT2D eigenvalue weighted by atomic mass is 9.48. The number of carbonyl (C=O) groups is 1. The number of hydrogen-bond acceptors (Lipinski definition) is 27. The van der Waals surface area contributed by atoms with Crippen LogP contribution in [0.4, 0.5) is 0 Å². The summed E-state index contributed by atoms with van der Waals surface area (Å²) in [5, 5.41) is 145. The molecule has 0 spiro atoms. The third-order valence-corrected chi connectivity index (χ3v) is 20.8. The lowest BCUT2D eigenvalue weighted by Gasteiger charge is -2.59. The molecule has 0 bridgehead atoms. The minimum atomic E-state index is -4.88. The summed E-state index contributed by atoms with van der Waals surface area (Å²) in [4.78, 5) is 13.1. The van der Waals surface area contributed by atoms with Crippen molar-refractivity contribution in [3.63, 3.8) is 0 Å². The Balaban J connectivity index is 1.01. The van der Waals surface area contributed by atoms with E-state index in [9.17, 15) is 84.1 Å². The lowest BCUT2D eigenvalue weighted by Crippen LogP contribution is -2.69. The van der Waals surface area contributed by atoms with Gasteiger partial charge in [-0.15, -0.1) is 0 Å². The topological polar surface area (TPSA) is 436 Å². The van der Waals surface area contributed by atoms with Crippen molar-refractivity contribution < 1.29 is 136 Å². The van der Waals surface area contributed by atoms with E-state index in [4.69, 9.17) is 51.6 Å². The van der Waals surface area contributed by atoms with Crippen molar-refractivity contribution in [1.29, 1.82) is 0 Å². The van der Waals surface area contributed by atoms with Crippen LogP contribution in [0.5, 0.6) is 0 Å². The number of fused-ring (bicyclic) bond motifs is 5. The molecule has 3 saturated carbocycles. The first-order chi connectivity index (χ1) is 40.3. The predicted molar refractivity (Wildman–Crippen MR) is 290 cm³/mol. The van der Waals surface area contributed by atoms with Gasteiger partial charge in [-0.25, -0.2) is 4.18 Å². The highest BCUT2D eigenvalue weighted by Crippen LogP contribution is 2.67. The number of carbonyl (C=O) groups excluding carboxylic acids is 1. The summed E-state index contributed by atoms with van der Waals surface area (Å²) in [7, 11) is -4.88. The summed E-state index contributed by atoms with van der Waals surface area (Å²) in [6, 6.07) is 0. The van der Waals surface area contributed by atoms with Crippen LogP contribution in [-0.2, 0) is 66.7 Å². The van der Waals surface area contributed by atoms with Gasteiger partial charge in [0.1, 0.15) is 104 Å². The first-order valence-corrected chi connectivity index (χ1v) is 31.5. The van der Waals surface area contributed by atoms with Crippen LogP contribution in [0.25, 0.3) is 0 Å². The molecule has 0 aromatic rings. The van der Waals surface area contributed by atoms with Crippen LogP contribution in [0.1, 0.15) is 107 Å². The van der Waals surface area contributed by atoms with Gasteiger partial charge in [-0.05, 0) is 119 Å². The van der Waals surface area contributed by atoms with Gasteiger partial charge >= 0.3 is 10.4 Å². The Morgan fingerprint density at radius 2 is 1.13 bits per heavy atom. The van der Waals surface area contributed by atoms with E-state index in [0.717, 1.165) is 24.8 Å². The quantitative estimate of drug-likeness (QED) is 0.0383. The van der Waals surface area contributed by atoms with E-state index in [-0.39, 0.29) is 47.7 Å². The van der Waals surface area contributed by atoms with Crippen LogP contribution in [-0.4, -0.2) is 264 Å². The van der Waals surface area contributed by atoms with E-state index in [2.05, 4.69) is 19.9 Å². The standard InChI is InChI=1S/C57H92O28S/c1-21(2)15-26(60)16-22(3)29-9-10-30-28-18-33(32-17-27(85-86(72,73)74)11-13-57(32,8)31(28)12-14-56(29,30)7)78-53-46(71)48(38(63)25(6)77-53)82-55-50(84-52-44(69)41(66)37(62)24(5)76-52)45(70)47(35(20-59)80-55)81-54-49(42(67)39(64)34(19-58)79-54)83-51-43(68)40(65)36(61)23(4)75-51/h12,16,21,23-25,27-30,32-55,58-59,61-71H,9-11,13-15,17-20H2,1-8H3,(H,72,73,74). The molecular formula is C57H92O28S. The molecule has 29 heteroatoms. The molecule has 86 heavy (non-hydrogen) atoms. The van der Waals surface area contributed by atoms with Gasteiger partial charge in [-0.2, -0.15) is 8.42 Å². The van der Waals surface area contributed by atoms with E-state index in [1.54, 1.807) is 6.08 Å². The monoisotopic (exact) mass is 1260 g/mol. The Morgan fingerprint density at radius 3 is 1.69 bits per heavy atom. The number of allylic oxidation sites excluding steroid dienone is 4. The molecule has 5 heterocycles. The van der Waals surface area contributed by atoms with Gasteiger partial charge in [0.05, 0.1) is 43.7 Å². The average Bonchev–Trinajstić information content (AvgIpc) is 1.27. The van der Waals surface area contributed by atoms with Crippen molar-refractivity contribution in [3.05, 3.63) is 23.3 Å². The molecular weight excluding hydrogens is 1160 g/mol. The molecule has 8 fully saturated rings. The Morgan fingerprint density at radius 1 is 0.605 bits per heavy atom. The molecule has 0 aromatic carbocycles. The van der Waals surface area contributed by atoms with Gasteiger partial charge in [0.15, 0.2) is 37.2 Å². The summed E-state index contributed by atoms with van der Waals surface area (Å²) in [6.07, 6.45) is -38.0. The molecule has 5 saturated heterocycles. The Bertz CT molecular complexity index is 2490. The van der Waals surface area contributed by atoms with Gasteiger partial charge in [0.25, 0.3) is 0 Å². The molecule has 0 radical (unpaired) electrons. The van der Waals surface area contributed by atoms with Crippen LogP contribution >= 0.6 is 0 Å². The van der Waals surface area contributed by atoms with E-state index >= 15 is 0 Å². The first-order valence-electron chi connectivity index (χ1n) is 30.1. The fourth-order valence-electron chi connectivity index (χ4n) is 15.6. The summed E-state index contributed by atoms with van der Waals surface area (Å²) >= 11 is 0. The highest BCUT2D eigenvalue weighted by molar-refractivity contribution is 7.80. The van der Waals surface area contributed by atoms with Crippen molar-refractivity contribution in [2.75, 3.05) is 13.2 Å². The summed E-state index contributed by atoms with van der Waals surface area (Å²) in [6.45, 7) is 12.6. The molecule has 0 aromatic heterocycles. The van der Waals surface area contributed by atoms with Crippen molar-refractivity contribution in [2.24, 2.45) is 40.4 Å². The summed E-state index contributed by atoms with van der Waals surface area (Å²) < 4.78 is 101. The molecule has 33 unspecified atom stereocenters. The van der Waals surface area contributed by atoms with Crippen LogP contribution < -0.4 is 0 Å². The van der Waals surface area contributed by atoms with E-state index in [0.29, 0.717) is 19.3 Å². The minimum absolute atomic E-state index is 0.0724. The second-order valence-corrected chi connectivity index (χ2v) is 27.4. The smallest absolute Gasteiger partial charge is 0.394 e. The van der Waals surface area contributed by atoms with Crippen molar-refractivity contribution >= 4 is 16.2 Å². The zero-order valence-electron chi connectivity index (χ0n) is 49.6. The zero-order chi connectivity index (χ0) is 63.0. The third-order valence-electron chi connectivity index (χ3n) is 20.3. The summed E-state index contributed by atoms with van der Waals surface area (Å²) in [5.74, 6) is -0.0966. The lowest BCUT2D eigenvalue weighted by molar-refractivity contribution is -0.409. The van der Waals surface area contributed by atoms with E-state index in [1.807, 2.05) is 20.8 Å². The molecule has 9 aliphatic rings. The first kappa shape index (κ1) is 68.5. The number of aliphatic hydroxyl groups is 13. The fraction of sp³-hybridized carbons (Fsp3) is 0.912.